The van der Waals surface area contributed by atoms with Gasteiger partial charge in [-0.1, -0.05) is 222 Å². The van der Waals surface area contributed by atoms with Gasteiger partial charge in [-0.25, -0.2) is 0 Å². The SMILES string of the molecule is C.C.C.C/C=C/CC1(O)C(=O)C(C(=O)CC(C)C)=C(O)C(CC=C(C)C)=C1O.CC.CC(C)=CCC1=C(O)[C@@](O)(CC=C(C)C)C(=O)C(C(=O)CC(C)C)=C1O.CC(C)=CCC1=C(O)[C@@](O)(CC=C(C)C)C(=O)C(C(=O)CC(C)C)=C1O.CC(C)=CCC1=C(O)[C@](O)(CC=C(C)C)C(=O)C(C(=O)CC(C)C)=C1O.CC(C)=CCc1c(O)c(CC=C(C)C)c(O)c(C(=O)CC(C)C)c1O.I.I[I-]I. The van der Waals surface area contributed by atoms with Crippen LogP contribution in [0, 0.1) is 29.6 Å². The number of rotatable bonds is 35. The first kappa shape index (κ1) is 140. The van der Waals surface area contributed by atoms with Crippen molar-refractivity contribution < 1.29 is 133 Å². The molecule has 4 aliphatic rings. The van der Waals surface area contributed by atoms with Crippen LogP contribution in [0.4, 0.5) is 0 Å². The van der Waals surface area contributed by atoms with Gasteiger partial charge in [0.05, 0.1) is 0 Å². The molecule has 1 aromatic carbocycles. The van der Waals surface area contributed by atoms with Crippen LogP contribution in [0.1, 0.15) is 342 Å². The van der Waals surface area contributed by atoms with Crippen LogP contribution in [0.3, 0.4) is 0 Å². The van der Waals surface area contributed by atoms with Crippen LogP contribution in [0.5, 0.6) is 17.2 Å². The minimum absolute atomic E-state index is 0. The molecule has 0 aromatic heterocycles. The van der Waals surface area contributed by atoms with Gasteiger partial charge in [-0.15, -0.1) is 24.0 Å². The summed E-state index contributed by atoms with van der Waals surface area (Å²) in [6.45, 7) is 57.5. The van der Waals surface area contributed by atoms with E-state index >= 15 is 0 Å². The first-order valence-electron chi connectivity index (χ1n) is 44.9. The molecule has 0 heterocycles. The summed E-state index contributed by atoms with van der Waals surface area (Å²) in [5.41, 5.74) is -1.66. The van der Waals surface area contributed by atoms with Crippen LogP contribution >= 0.6 is 61.2 Å². The van der Waals surface area contributed by atoms with E-state index in [9.17, 15) is 120 Å². The molecule has 0 aliphatic heterocycles. The molecule has 0 amide bonds. The number of benzene rings is 1. The summed E-state index contributed by atoms with van der Waals surface area (Å²) in [6.07, 6.45) is 19.7. The number of carbonyl (C=O) groups excluding carboxylic acids is 9. The number of hydrogen-bond acceptors (Lipinski definition) is 24. The Bertz CT molecular complexity index is 4630. The first-order valence-corrected chi connectivity index (χ1v) is 57.5. The second-order valence-corrected chi connectivity index (χ2v) is 53.9. The Labute approximate surface area is 865 Å². The Hall–Kier alpha value is -7.87. The minimum atomic E-state index is -2.24. The molecule has 28 heteroatoms. The fourth-order valence-corrected chi connectivity index (χ4v) is 13.3. The molecule has 4 atom stereocenters. The molecular formula is C109H167I4O24-. The van der Waals surface area contributed by atoms with Gasteiger partial charge >= 0.3 is 50.5 Å². The zero-order chi connectivity index (χ0) is 104. The Morgan fingerprint density at radius 1 is 0.299 bits per heavy atom. The average molecular weight is 2370 g/mol. The van der Waals surface area contributed by atoms with E-state index < -0.39 is 137 Å². The summed E-state index contributed by atoms with van der Waals surface area (Å²) in [4.78, 5) is 114. The van der Waals surface area contributed by atoms with E-state index in [1.165, 1.54) is 0 Å². The monoisotopic (exact) mass is 2370 g/mol. The summed E-state index contributed by atoms with van der Waals surface area (Å²) in [6, 6.07) is 0. The number of phenolic OH excluding ortho intramolecular Hbond substituents is 3. The Morgan fingerprint density at radius 3 is 0.635 bits per heavy atom. The number of ketones is 9. The number of aromatic hydroxyl groups is 3. The molecule has 4 aliphatic carbocycles. The zero-order valence-corrected chi connectivity index (χ0v) is 93.6. The molecule has 1 aromatic rings. The summed E-state index contributed by atoms with van der Waals surface area (Å²) in [5, 5.41) is 160. The van der Waals surface area contributed by atoms with Crippen molar-refractivity contribution in [2.45, 2.75) is 356 Å². The van der Waals surface area contributed by atoms with Crippen molar-refractivity contribution in [1.82, 2.24) is 0 Å². The number of Topliss-reactive ketones (excluding diaryl/α,β-unsaturated/α-hetero) is 9. The molecule has 0 radical (unpaired) electrons. The number of phenols is 3. The summed E-state index contributed by atoms with van der Waals surface area (Å²) >= 11 is 5.30. The predicted molar refractivity (Wildman–Crippen MR) is 579 cm³/mol. The van der Waals surface area contributed by atoms with Gasteiger partial charge in [-0.3, -0.25) is 43.2 Å². The molecule has 0 saturated carbocycles. The number of aliphatic hydroxyl groups excluding tert-OH is 8. The maximum absolute atomic E-state index is 12.9. The van der Waals surface area contributed by atoms with Crippen molar-refractivity contribution in [2.75, 3.05) is 0 Å². The third kappa shape index (κ3) is 41.7. The summed E-state index contributed by atoms with van der Waals surface area (Å²) in [7, 11) is 0. The fourth-order valence-electron chi connectivity index (χ4n) is 13.3. The van der Waals surface area contributed by atoms with Gasteiger partial charge < -0.3 is 76.6 Å². The molecule has 0 saturated heterocycles. The molecule has 776 valence electrons. The molecule has 0 spiro atoms. The topological polar surface area (TPSA) is 457 Å². The van der Waals surface area contributed by atoms with Crippen LogP contribution in [0.2, 0.25) is 0 Å². The van der Waals surface area contributed by atoms with Crippen molar-refractivity contribution in [3.63, 3.8) is 0 Å². The van der Waals surface area contributed by atoms with Crippen LogP contribution < -0.4 is 13.3 Å². The van der Waals surface area contributed by atoms with Crippen molar-refractivity contribution in [3.8, 4) is 17.2 Å². The van der Waals surface area contributed by atoms with Crippen LogP contribution in [0.25, 0.3) is 0 Å². The van der Waals surface area contributed by atoms with E-state index in [2.05, 4.69) is 37.2 Å². The number of aliphatic hydroxyl groups is 12. The van der Waals surface area contributed by atoms with Gasteiger partial charge in [-0.05, 0) is 200 Å². The van der Waals surface area contributed by atoms with E-state index in [1.54, 1.807) is 103 Å². The molecule has 5 rings (SSSR count). The second kappa shape index (κ2) is 65.3. The van der Waals surface area contributed by atoms with Gasteiger partial charge in [0, 0.05) is 91.2 Å². The van der Waals surface area contributed by atoms with Crippen molar-refractivity contribution in [1.29, 1.82) is 0 Å². The van der Waals surface area contributed by atoms with Gasteiger partial charge in [0.15, 0.2) is 51.3 Å². The molecule has 137 heavy (non-hydrogen) atoms. The fraction of sp³-hybridized carbons (Fsp3) is 0.532. The quantitative estimate of drug-likeness (QED) is 0.0130. The van der Waals surface area contributed by atoms with E-state index in [-0.39, 0.29) is 221 Å². The van der Waals surface area contributed by atoms with E-state index in [0.717, 1.165) is 50.2 Å². The number of carbonyl (C=O) groups is 9. The van der Waals surface area contributed by atoms with Gasteiger partial charge in [-0.2, -0.15) is 0 Å². The van der Waals surface area contributed by atoms with Gasteiger partial charge in [0.1, 0.15) is 91.2 Å². The summed E-state index contributed by atoms with van der Waals surface area (Å²) in [5.74, 6) is -11.4. The van der Waals surface area contributed by atoms with Crippen molar-refractivity contribution in [2.24, 2.45) is 29.6 Å². The Balaban J connectivity index is -0.000000384. The molecule has 15 N–H and O–H groups in total. The van der Waals surface area contributed by atoms with Crippen LogP contribution in [-0.2, 0) is 51.2 Å². The molecular weight excluding hydrogens is 2200 g/mol. The summed E-state index contributed by atoms with van der Waals surface area (Å²) < 4.78 is 0. The third-order valence-corrected chi connectivity index (χ3v) is 20.5. The molecule has 0 bridgehead atoms. The number of halogens is 4. The van der Waals surface area contributed by atoms with Gasteiger partial charge in [0.25, 0.3) is 0 Å². The first-order chi connectivity index (χ1) is 61.3. The molecule has 0 fully saturated rings. The van der Waals surface area contributed by atoms with Crippen LogP contribution in [0.15, 0.2) is 208 Å². The Morgan fingerprint density at radius 2 is 0.467 bits per heavy atom. The van der Waals surface area contributed by atoms with Crippen LogP contribution in [-0.4, -0.2) is 151 Å². The van der Waals surface area contributed by atoms with Gasteiger partial charge in [0.2, 0.25) is 23.1 Å². The zero-order valence-electron chi connectivity index (χ0n) is 84.8. The molecule has 24 nitrogen and oxygen atoms in total. The Kier molecular flexibility index (Phi) is 66.6. The number of allylic oxidation sites excluding steroid dienone is 20. The van der Waals surface area contributed by atoms with Crippen molar-refractivity contribution in [3.05, 3.63) is 224 Å². The molecule has 1 unspecified atom stereocenters. The standard InChI is InChI=1S/3C21H30O5.C21H30O4.C20H28O5.C2H6.3CH4.I3.HI/c3*1-12(2)7-8-15-18(23)17(16(22)11-14(5)6)20(25)21(26,19(15)24)10-9-13(3)4;1-12(2)7-9-15-19(23)16(10-8-13(3)4)21(25)18(20(15)24)17(22)11-14(5)6;1-6-7-10-20(25)18(23)14(9-8-12(2)3)17(22)16(19(20)24)15(21)11-13(4)5;1-2;;;;1-3-2;/h3*7,9,14,23-24,26H,8,10-11H2,1-6H3;7-8,14,23-25H,9-11H2,1-6H3;6-8,13,22-23,25H,9-11H2,1-5H3;1-2H3;3*1H4;;1H/q;;;;;;;;;-1;/b;;;;7-6+;;;;;;/t3*21-;;;;;;;;/m100......../s1. The van der Waals surface area contributed by atoms with E-state index in [1.807, 2.05) is 178 Å². The second-order valence-electron chi connectivity index (χ2n) is 37.6. The van der Waals surface area contributed by atoms with E-state index in [4.69, 9.17) is 0 Å². The van der Waals surface area contributed by atoms with E-state index in [0.29, 0.717) is 26.1 Å². The average Bonchev–Trinajstić information content (AvgIpc) is 0.755. The normalized spacial score (nSPS) is 17.8. The number of hydrogen-bond donors (Lipinski definition) is 15. The predicted octanol–water partition coefficient (Wildman–Crippen LogP) is 24.0. The third-order valence-electron chi connectivity index (χ3n) is 20.5. The van der Waals surface area contributed by atoms with Crippen molar-refractivity contribution >= 4 is 113 Å². The maximum atomic E-state index is 12.9.